The van der Waals surface area contributed by atoms with Crippen molar-refractivity contribution >= 4 is 11.0 Å². The Kier molecular flexibility index (Phi) is 4.98. The third kappa shape index (κ3) is 3.81. The first-order valence-corrected chi connectivity index (χ1v) is 10.3. The Hall–Kier alpha value is -3.16. The Balaban J connectivity index is 1.31. The van der Waals surface area contributed by atoms with Crippen molar-refractivity contribution in [2.45, 2.75) is 32.5 Å². The molecule has 3 heterocycles. The molecule has 5 rings (SSSR count). The number of hydrogen-bond acceptors (Lipinski definition) is 5. The van der Waals surface area contributed by atoms with Crippen molar-refractivity contribution in [3.05, 3.63) is 60.6 Å². The van der Waals surface area contributed by atoms with Crippen LogP contribution in [0.25, 0.3) is 22.3 Å². The first-order valence-electron chi connectivity index (χ1n) is 10.3. The molecule has 2 aromatic carbocycles. The first-order chi connectivity index (χ1) is 14.7. The number of fused-ring (bicyclic) bond motifs is 1. The minimum Gasteiger partial charge on any atom is -0.457 e. The minimum absolute atomic E-state index is 0.380. The third-order valence-electron chi connectivity index (χ3n) is 5.59. The topological polar surface area (TPSA) is 79.1 Å². The molecule has 0 bridgehead atoms. The van der Waals surface area contributed by atoms with Gasteiger partial charge in [-0.05, 0) is 61.9 Å². The Morgan fingerprint density at radius 1 is 1.03 bits per heavy atom. The summed E-state index contributed by atoms with van der Waals surface area (Å²) in [6, 6.07) is 16.6. The van der Waals surface area contributed by atoms with Gasteiger partial charge in [-0.15, -0.1) is 0 Å². The number of aromatic amines is 2. The molecule has 0 aliphatic carbocycles. The lowest BCUT2D eigenvalue weighted by Crippen LogP contribution is -2.49. The van der Waals surface area contributed by atoms with Crippen molar-refractivity contribution in [1.29, 1.82) is 0 Å². The molecule has 0 amide bonds. The molecule has 0 saturated carbocycles. The summed E-state index contributed by atoms with van der Waals surface area (Å²) in [7, 11) is 0. The normalized spacial score (nSPS) is 19.9. The second-order valence-electron chi connectivity index (χ2n) is 7.87. The van der Waals surface area contributed by atoms with E-state index >= 15 is 0 Å². The summed E-state index contributed by atoms with van der Waals surface area (Å²) < 4.78 is 11.7. The highest BCUT2D eigenvalue weighted by molar-refractivity contribution is 5.77. The second-order valence-corrected chi connectivity index (χ2v) is 7.87. The molecule has 2 N–H and O–H groups in total. The summed E-state index contributed by atoms with van der Waals surface area (Å²) in [6.45, 7) is 6.71. The zero-order valence-corrected chi connectivity index (χ0v) is 17.1. The molecule has 0 radical (unpaired) electrons. The molecule has 1 aliphatic rings. The van der Waals surface area contributed by atoms with Gasteiger partial charge in [0.15, 0.2) is 0 Å². The number of morpholine rings is 1. The van der Waals surface area contributed by atoms with E-state index in [2.05, 4.69) is 33.9 Å². The number of rotatable bonds is 5. The van der Waals surface area contributed by atoms with Crippen molar-refractivity contribution in [2.75, 3.05) is 13.2 Å². The first kappa shape index (κ1) is 18.8. The molecule has 0 spiro atoms. The van der Waals surface area contributed by atoms with Gasteiger partial charge in [0.05, 0.1) is 36.5 Å². The number of H-pyrrole nitrogens is 2. The largest absolute Gasteiger partial charge is 0.457 e. The van der Waals surface area contributed by atoms with E-state index in [-0.39, 0.29) is 0 Å². The molecule has 30 heavy (non-hydrogen) atoms. The van der Waals surface area contributed by atoms with Crippen LogP contribution >= 0.6 is 0 Å². The predicted octanol–water partition coefficient (Wildman–Crippen LogP) is 4.35. The molecule has 2 atom stereocenters. The summed E-state index contributed by atoms with van der Waals surface area (Å²) in [5.74, 6) is 2.53. The highest BCUT2D eigenvalue weighted by Crippen LogP contribution is 2.27. The molecule has 7 heteroatoms. The van der Waals surface area contributed by atoms with Crippen molar-refractivity contribution < 1.29 is 9.47 Å². The van der Waals surface area contributed by atoms with E-state index in [1.165, 1.54) is 0 Å². The molecule has 1 fully saturated rings. The van der Waals surface area contributed by atoms with E-state index in [0.29, 0.717) is 12.1 Å². The fourth-order valence-electron chi connectivity index (χ4n) is 3.95. The molecular weight excluding hydrogens is 378 g/mol. The second kappa shape index (κ2) is 7.93. The van der Waals surface area contributed by atoms with E-state index in [0.717, 1.165) is 59.4 Å². The zero-order valence-electron chi connectivity index (χ0n) is 17.1. The fraction of sp³-hybridized carbons (Fsp3) is 0.304. The van der Waals surface area contributed by atoms with E-state index in [4.69, 9.17) is 14.5 Å². The van der Waals surface area contributed by atoms with Crippen LogP contribution in [0.4, 0.5) is 0 Å². The number of imidazole rings is 1. The lowest BCUT2D eigenvalue weighted by molar-refractivity contribution is -0.0419. The lowest BCUT2D eigenvalue weighted by Gasteiger charge is -2.38. The molecule has 4 aromatic rings. The van der Waals surface area contributed by atoms with Gasteiger partial charge >= 0.3 is 0 Å². The number of nitrogens with one attached hydrogen (secondary N) is 2. The quantitative estimate of drug-likeness (QED) is 0.518. The smallest absolute Gasteiger partial charge is 0.129 e. The van der Waals surface area contributed by atoms with E-state index in [1.54, 1.807) is 6.20 Å². The maximum absolute atomic E-state index is 6.05. The fourth-order valence-corrected chi connectivity index (χ4v) is 3.95. The van der Waals surface area contributed by atoms with Crippen molar-refractivity contribution in [2.24, 2.45) is 0 Å². The zero-order chi connectivity index (χ0) is 20.5. The number of aromatic nitrogens is 4. The average Bonchev–Trinajstić information content (AvgIpc) is 3.41. The van der Waals surface area contributed by atoms with E-state index in [9.17, 15) is 0 Å². The van der Waals surface area contributed by atoms with Gasteiger partial charge in [-0.3, -0.25) is 10.00 Å². The van der Waals surface area contributed by atoms with E-state index in [1.807, 2.05) is 48.5 Å². The molecule has 1 saturated heterocycles. The Morgan fingerprint density at radius 3 is 2.53 bits per heavy atom. The van der Waals surface area contributed by atoms with Gasteiger partial charge < -0.3 is 14.5 Å². The number of benzene rings is 2. The van der Waals surface area contributed by atoms with Crippen LogP contribution in [0.15, 0.2) is 54.7 Å². The van der Waals surface area contributed by atoms with Crippen molar-refractivity contribution in [3.8, 4) is 22.8 Å². The van der Waals surface area contributed by atoms with Crippen LogP contribution in [0.1, 0.15) is 19.7 Å². The highest BCUT2D eigenvalue weighted by atomic mass is 16.5. The Bertz CT molecular complexity index is 1110. The molecule has 2 unspecified atom stereocenters. The Labute approximate surface area is 175 Å². The van der Waals surface area contributed by atoms with Crippen LogP contribution in [-0.2, 0) is 11.3 Å². The molecule has 154 valence electrons. The summed E-state index contributed by atoms with van der Waals surface area (Å²) in [6.07, 6.45) is 1.74. The minimum atomic E-state index is 0.380. The van der Waals surface area contributed by atoms with Crippen LogP contribution < -0.4 is 4.74 Å². The van der Waals surface area contributed by atoms with Gasteiger partial charge in [0.2, 0.25) is 0 Å². The maximum atomic E-state index is 6.05. The molecule has 2 aromatic heterocycles. The molecule has 1 aliphatic heterocycles. The van der Waals surface area contributed by atoms with Crippen molar-refractivity contribution in [3.63, 3.8) is 0 Å². The van der Waals surface area contributed by atoms with Gasteiger partial charge in [-0.25, -0.2) is 4.98 Å². The summed E-state index contributed by atoms with van der Waals surface area (Å²) >= 11 is 0. The Morgan fingerprint density at radius 2 is 1.80 bits per heavy atom. The SMILES string of the molecule is CC1COCC(C)N1Cc1nc2ccc(Oc3ccc(-c4ccn[nH]4)cc3)cc2[nH]1. The van der Waals surface area contributed by atoms with Crippen LogP contribution in [0, 0.1) is 0 Å². The number of nitrogens with zero attached hydrogens (tertiary/aromatic N) is 3. The number of ether oxygens (including phenoxy) is 2. The maximum Gasteiger partial charge on any atom is 0.129 e. The highest BCUT2D eigenvalue weighted by Gasteiger charge is 2.26. The monoisotopic (exact) mass is 403 g/mol. The van der Waals surface area contributed by atoms with E-state index < -0.39 is 0 Å². The summed E-state index contributed by atoms with van der Waals surface area (Å²) in [4.78, 5) is 10.6. The van der Waals surface area contributed by atoms with Gasteiger partial charge in [0.25, 0.3) is 0 Å². The summed E-state index contributed by atoms with van der Waals surface area (Å²) in [5.41, 5.74) is 3.97. The standard InChI is InChI=1S/C23H25N5O2/c1-15-13-29-14-16(2)28(15)12-23-25-21-8-7-19(11-22(21)26-23)30-18-5-3-17(4-6-18)20-9-10-24-27-20/h3-11,15-16H,12-14H2,1-2H3,(H,24,27)(H,25,26). The van der Waals surface area contributed by atoms with Crippen LogP contribution in [0.2, 0.25) is 0 Å². The van der Waals surface area contributed by atoms with Crippen LogP contribution in [0.5, 0.6) is 11.5 Å². The average molecular weight is 403 g/mol. The van der Waals surface area contributed by atoms with Crippen LogP contribution in [-0.4, -0.2) is 50.4 Å². The van der Waals surface area contributed by atoms with Gasteiger partial charge in [-0.1, -0.05) is 0 Å². The summed E-state index contributed by atoms with van der Waals surface area (Å²) in [5, 5.41) is 6.96. The number of hydrogen-bond donors (Lipinski definition) is 2. The predicted molar refractivity (Wildman–Crippen MR) is 115 cm³/mol. The third-order valence-corrected chi connectivity index (χ3v) is 5.59. The molecule has 7 nitrogen and oxygen atoms in total. The van der Waals surface area contributed by atoms with Gasteiger partial charge in [-0.2, -0.15) is 5.10 Å². The lowest BCUT2D eigenvalue weighted by atomic mass is 10.1. The molecular formula is C23H25N5O2. The van der Waals surface area contributed by atoms with Crippen LogP contribution in [0.3, 0.4) is 0 Å². The van der Waals surface area contributed by atoms with Crippen molar-refractivity contribution in [1.82, 2.24) is 25.1 Å². The van der Waals surface area contributed by atoms with Gasteiger partial charge in [0, 0.05) is 24.3 Å². The van der Waals surface area contributed by atoms with Gasteiger partial charge in [0.1, 0.15) is 17.3 Å².